The molecule has 0 radical (unpaired) electrons. The van der Waals surface area contributed by atoms with Gasteiger partial charge < -0.3 is 14.8 Å². The number of aliphatic hydroxyl groups is 1. The number of hydrogen-bond donors (Lipinski definition) is 2. The zero-order valence-corrected chi connectivity index (χ0v) is 13.2. The third-order valence-electron chi connectivity index (χ3n) is 3.36. The number of nitrogens with zero attached hydrogens (tertiary/aromatic N) is 2. The van der Waals surface area contributed by atoms with Crippen LogP contribution in [-0.4, -0.2) is 26.8 Å². The van der Waals surface area contributed by atoms with Gasteiger partial charge in [0.15, 0.2) is 0 Å². The van der Waals surface area contributed by atoms with Crippen LogP contribution in [-0.2, 0) is 6.54 Å². The highest BCUT2D eigenvalue weighted by molar-refractivity contribution is 5.92. The molecule has 0 aliphatic heterocycles. The summed E-state index contributed by atoms with van der Waals surface area (Å²) in [6.07, 6.45) is 1.77. The van der Waals surface area contributed by atoms with Crippen molar-refractivity contribution in [1.29, 1.82) is 0 Å². The highest BCUT2D eigenvalue weighted by Crippen LogP contribution is 2.18. The average Bonchev–Trinajstić information content (AvgIpc) is 3.03. The fraction of sp³-hybridized carbons (Fsp3) is 0.438. The molecule has 2 heterocycles. The van der Waals surface area contributed by atoms with E-state index >= 15 is 0 Å². The van der Waals surface area contributed by atoms with Gasteiger partial charge in [0, 0.05) is 25.1 Å². The molecule has 124 valence electrons. The predicted octanol–water partition coefficient (Wildman–Crippen LogP) is 1.49. The molecule has 0 bridgehead atoms. The van der Waals surface area contributed by atoms with Crippen molar-refractivity contribution in [3.63, 3.8) is 0 Å². The van der Waals surface area contributed by atoms with Crippen LogP contribution in [0.2, 0.25) is 0 Å². The number of rotatable bonds is 7. The van der Waals surface area contributed by atoms with Crippen molar-refractivity contribution in [3.05, 3.63) is 52.3 Å². The number of aliphatic hydroxyl groups excluding tert-OH is 1. The summed E-state index contributed by atoms with van der Waals surface area (Å²) in [4.78, 5) is 23.8. The lowest BCUT2D eigenvalue weighted by Gasteiger charge is -2.16. The molecule has 2 N–H and O–H groups in total. The lowest BCUT2D eigenvalue weighted by molar-refractivity contribution is 0.0895. The Labute approximate surface area is 133 Å². The lowest BCUT2D eigenvalue weighted by Crippen LogP contribution is -2.35. The Balaban J connectivity index is 1.98. The van der Waals surface area contributed by atoms with E-state index in [-0.39, 0.29) is 23.2 Å². The predicted molar refractivity (Wildman–Crippen MR) is 84.0 cm³/mol. The van der Waals surface area contributed by atoms with Gasteiger partial charge in [-0.1, -0.05) is 6.92 Å². The molecule has 0 saturated carbocycles. The molecule has 7 nitrogen and oxygen atoms in total. The van der Waals surface area contributed by atoms with Gasteiger partial charge in [-0.3, -0.25) is 9.59 Å². The summed E-state index contributed by atoms with van der Waals surface area (Å²) >= 11 is 0. The van der Waals surface area contributed by atoms with E-state index in [0.29, 0.717) is 18.7 Å². The van der Waals surface area contributed by atoms with Gasteiger partial charge in [-0.15, -0.1) is 0 Å². The highest BCUT2D eigenvalue weighted by atomic mass is 16.4. The van der Waals surface area contributed by atoms with Gasteiger partial charge >= 0.3 is 0 Å². The molecule has 0 saturated heterocycles. The molecule has 0 aromatic carbocycles. The highest BCUT2D eigenvalue weighted by Gasteiger charge is 2.18. The van der Waals surface area contributed by atoms with E-state index in [0.717, 1.165) is 6.42 Å². The minimum Gasteiger partial charge on any atom is -0.467 e. The van der Waals surface area contributed by atoms with E-state index < -0.39 is 6.10 Å². The second-order valence-corrected chi connectivity index (χ2v) is 5.42. The van der Waals surface area contributed by atoms with Crippen LogP contribution in [0.15, 0.2) is 39.7 Å². The number of nitrogens with one attached hydrogen (secondary N) is 1. The fourth-order valence-electron chi connectivity index (χ4n) is 2.23. The SMILES string of the molecule is CCCn1nc(C(=O)NC(C)CC(O)c2ccco2)ccc1=O. The first-order valence-electron chi connectivity index (χ1n) is 7.61. The van der Waals surface area contributed by atoms with Gasteiger partial charge in [-0.25, -0.2) is 4.68 Å². The standard InChI is InChI=1S/C16H21N3O4/c1-3-8-19-15(21)7-6-12(18-19)16(22)17-11(2)10-13(20)14-5-4-9-23-14/h4-7,9,11,13,20H,3,8,10H2,1-2H3,(H,17,22). The van der Waals surface area contributed by atoms with Gasteiger partial charge in [0.05, 0.1) is 6.26 Å². The van der Waals surface area contributed by atoms with Crippen LogP contribution in [0.5, 0.6) is 0 Å². The topological polar surface area (TPSA) is 97.4 Å². The van der Waals surface area contributed by atoms with E-state index in [9.17, 15) is 14.7 Å². The molecular formula is C16H21N3O4. The first kappa shape index (κ1) is 17.0. The molecule has 2 rings (SSSR count). The molecule has 2 aromatic heterocycles. The number of aromatic nitrogens is 2. The molecule has 0 spiro atoms. The summed E-state index contributed by atoms with van der Waals surface area (Å²) in [5, 5.41) is 16.8. The van der Waals surface area contributed by atoms with Gasteiger partial charge in [-0.2, -0.15) is 5.10 Å². The van der Waals surface area contributed by atoms with Crippen molar-refractivity contribution in [2.24, 2.45) is 0 Å². The quantitative estimate of drug-likeness (QED) is 0.806. The van der Waals surface area contributed by atoms with Crippen molar-refractivity contribution in [2.45, 2.75) is 45.4 Å². The zero-order chi connectivity index (χ0) is 16.8. The third kappa shape index (κ3) is 4.53. The minimum atomic E-state index is -0.790. The summed E-state index contributed by atoms with van der Waals surface area (Å²) in [7, 11) is 0. The molecule has 7 heteroatoms. The minimum absolute atomic E-state index is 0.178. The second kappa shape index (κ2) is 7.73. The Kier molecular flexibility index (Phi) is 5.70. The van der Waals surface area contributed by atoms with E-state index in [1.165, 1.54) is 23.1 Å². The number of hydrogen-bond acceptors (Lipinski definition) is 5. The van der Waals surface area contributed by atoms with Crippen molar-refractivity contribution in [3.8, 4) is 0 Å². The Morgan fingerprint density at radius 3 is 2.87 bits per heavy atom. The maximum Gasteiger partial charge on any atom is 0.271 e. The van der Waals surface area contributed by atoms with Crippen molar-refractivity contribution in [2.75, 3.05) is 0 Å². The summed E-state index contributed by atoms with van der Waals surface area (Å²) in [5.74, 6) is 0.0784. The normalized spacial score (nSPS) is 13.5. The number of aryl methyl sites for hydroxylation is 1. The van der Waals surface area contributed by atoms with Crippen molar-refractivity contribution >= 4 is 5.91 Å². The maximum absolute atomic E-state index is 12.2. The van der Waals surface area contributed by atoms with Crippen LogP contribution in [0.25, 0.3) is 0 Å². The number of carbonyl (C=O) groups is 1. The first-order chi connectivity index (χ1) is 11.0. The second-order valence-electron chi connectivity index (χ2n) is 5.42. The smallest absolute Gasteiger partial charge is 0.271 e. The molecule has 0 aliphatic carbocycles. The average molecular weight is 319 g/mol. The number of carbonyl (C=O) groups excluding carboxylic acids is 1. The Hall–Kier alpha value is -2.41. The zero-order valence-electron chi connectivity index (χ0n) is 13.2. The maximum atomic E-state index is 12.2. The summed E-state index contributed by atoms with van der Waals surface area (Å²) in [6.45, 7) is 4.18. The van der Waals surface area contributed by atoms with Gasteiger partial charge in [0.1, 0.15) is 17.6 Å². The number of amides is 1. The largest absolute Gasteiger partial charge is 0.467 e. The van der Waals surface area contributed by atoms with Crippen LogP contribution >= 0.6 is 0 Å². The van der Waals surface area contributed by atoms with Crippen LogP contribution in [0.1, 0.15) is 49.0 Å². The fourth-order valence-corrected chi connectivity index (χ4v) is 2.23. The number of furan rings is 1. The van der Waals surface area contributed by atoms with E-state index in [1.807, 2.05) is 6.92 Å². The van der Waals surface area contributed by atoms with Gasteiger partial charge in [-0.05, 0) is 31.5 Å². The van der Waals surface area contributed by atoms with Crippen LogP contribution in [0.4, 0.5) is 0 Å². The third-order valence-corrected chi connectivity index (χ3v) is 3.36. The van der Waals surface area contributed by atoms with E-state index in [2.05, 4.69) is 10.4 Å². The molecule has 2 aromatic rings. The monoisotopic (exact) mass is 319 g/mol. The summed E-state index contributed by atoms with van der Waals surface area (Å²) < 4.78 is 6.40. The molecule has 2 atom stereocenters. The summed E-state index contributed by atoms with van der Waals surface area (Å²) in [5.41, 5.74) is -0.0536. The molecule has 23 heavy (non-hydrogen) atoms. The van der Waals surface area contributed by atoms with Crippen LogP contribution < -0.4 is 10.9 Å². The van der Waals surface area contributed by atoms with Crippen LogP contribution in [0.3, 0.4) is 0 Å². The van der Waals surface area contributed by atoms with E-state index in [1.54, 1.807) is 19.1 Å². The molecule has 0 fully saturated rings. The first-order valence-corrected chi connectivity index (χ1v) is 7.61. The Bertz CT molecular complexity index is 694. The molecular weight excluding hydrogens is 298 g/mol. The van der Waals surface area contributed by atoms with Crippen molar-refractivity contribution in [1.82, 2.24) is 15.1 Å². The van der Waals surface area contributed by atoms with Gasteiger partial charge in [0.2, 0.25) is 0 Å². The van der Waals surface area contributed by atoms with Crippen molar-refractivity contribution < 1.29 is 14.3 Å². The van der Waals surface area contributed by atoms with Gasteiger partial charge in [0.25, 0.3) is 11.5 Å². The molecule has 0 aliphatic rings. The summed E-state index contributed by atoms with van der Waals surface area (Å²) in [6, 6.07) is 5.83. The molecule has 1 amide bonds. The lowest BCUT2D eigenvalue weighted by atomic mass is 10.1. The van der Waals surface area contributed by atoms with Crippen LogP contribution in [0, 0.1) is 0 Å². The molecule has 2 unspecified atom stereocenters. The van der Waals surface area contributed by atoms with E-state index in [4.69, 9.17) is 4.42 Å². The Morgan fingerprint density at radius 2 is 2.22 bits per heavy atom. The Morgan fingerprint density at radius 1 is 1.43 bits per heavy atom.